The van der Waals surface area contributed by atoms with Crippen LogP contribution in [0.4, 0.5) is 4.79 Å². The van der Waals surface area contributed by atoms with Crippen LogP contribution in [-0.2, 0) is 23.8 Å². The number of carbonyl (C=O) groups is 2. The van der Waals surface area contributed by atoms with Crippen LogP contribution in [0.15, 0.2) is 0 Å². The fourth-order valence-electron chi connectivity index (χ4n) is 0.892. The Hall–Kier alpha value is -1.35. The minimum absolute atomic E-state index is 0.144. The van der Waals surface area contributed by atoms with Gasteiger partial charge in [-0.25, -0.2) is 4.79 Å². The van der Waals surface area contributed by atoms with Gasteiger partial charge in [-0.15, -0.1) is 0 Å². The van der Waals surface area contributed by atoms with Crippen LogP contribution in [0, 0.1) is 0 Å². The normalized spacial score (nSPS) is 11.8. The molecule has 0 aromatic carbocycles. The summed E-state index contributed by atoms with van der Waals surface area (Å²) in [7, 11) is -3.63. The van der Waals surface area contributed by atoms with Crippen molar-refractivity contribution in [2.24, 2.45) is 0 Å². The van der Waals surface area contributed by atoms with Gasteiger partial charge in [0.25, 0.3) is 10.1 Å². The average molecular weight is 296 g/mol. The number of nitrogens with one attached hydrogen (secondary N) is 2. The van der Waals surface area contributed by atoms with Crippen LogP contribution in [-0.4, -0.2) is 52.0 Å². The lowest BCUT2D eigenvalue weighted by Crippen LogP contribution is -2.38. The summed E-state index contributed by atoms with van der Waals surface area (Å²) in [6.07, 6.45) is 0.263. The Kier molecular flexibility index (Phi) is 6.77. The summed E-state index contributed by atoms with van der Waals surface area (Å²) < 4.78 is 30.5. The molecule has 0 aromatic heterocycles. The molecule has 0 unspecified atom stereocenters. The first-order valence-electron chi connectivity index (χ1n) is 5.57. The summed E-state index contributed by atoms with van der Waals surface area (Å²) in [5.74, 6) is -0.587. The average Bonchev–Trinajstić information content (AvgIpc) is 2.18. The Morgan fingerprint density at radius 2 is 1.63 bits per heavy atom. The zero-order chi connectivity index (χ0) is 15.1. The first-order valence-corrected chi connectivity index (χ1v) is 7.39. The van der Waals surface area contributed by atoms with Crippen LogP contribution in [0.1, 0.15) is 20.8 Å². The van der Waals surface area contributed by atoms with Gasteiger partial charge in [0.1, 0.15) is 12.2 Å². The molecule has 19 heavy (non-hydrogen) atoms. The Bertz CT molecular complexity index is 412. The van der Waals surface area contributed by atoms with Crippen molar-refractivity contribution in [3.8, 4) is 0 Å². The monoisotopic (exact) mass is 296 g/mol. The molecule has 0 aliphatic carbocycles. The fourth-order valence-corrected chi connectivity index (χ4v) is 1.21. The van der Waals surface area contributed by atoms with E-state index in [0.29, 0.717) is 0 Å². The molecule has 112 valence electrons. The highest BCUT2D eigenvalue weighted by molar-refractivity contribution is 7.86. The van der Waals surface area contributed by atoms with Crippen molar-refractivity contribution in [3.05, 3.63) is 0 Å². The topological polar surface area (TPSA) is 111 Å². The van der Waals surface area contributed by atoms with Gasteiger partial charge >= 0.3 is 6.09 Å². The molecule has 2 amide bonds. The van der Waals surface area contributed by atoms with Crippen molar-refractivity contribution in [1.82, 2.24) is 10.6 Å². The largest absolute Gasteiger partial charge is 0.444 e. The summed E-state index contributed by atoms with van der Waals surface area (Å²) in [6.45, 7) is 4.93. The van der Waals surface area contributed by atoms with E-state index in [1.807, 2.05) is 0 Å². The molecule has 0 aromatic rings. The van der Waals surface area contributed by atoms with Crippen molar-refractivity contribution in [1.29, 1.82) is 0 Å². The van der Waals surface area contributed by atoms with Crippen molar-refractivity contribution >= 4 is 22.1 Å². The van der Waals surface area contributed by atoms with Crippen LogP contribution in [0.2, 0.25) is 0 Å². The van der Waals surface area contributed by atoms with Gasteiger partial charge < -0.3 is 15.4 Å². The van der Waals surface area contributed by atoms with E-state index in [4.69, 9.17) is 4.74 Å². The molecule has 8 nitrogen and oxygen atoms in total. The van der Waals surface area contributed by atoms with Gasteiger partial charge in [-0.05, 0) is 20.8 Å². The molecule has 0 bridgehead atoms. The molecule has 0 spiro atoms. The Balaban J connectivity index is 3.70. The number of amides is 2. The number of alkyl carbamates (subject to hydrolysis) is 1. The second-order valence-corrected chi connectivity index (χ2v) is 6.39. The Morgan fingerprint density at radius 3 is 2.11 bits per heavy atom. The molecule has 0 aliphatic rings. The van der Waals surface area contributed by atoms with Gasteiger partial charge in [0, 0.05) is 13.1 Å². The van der Waals surface area contributed by atoms with Crippen LogP contribution >= 0.6 is 0 Å². The van der Waals surface area contributed by atoms with Gasteiger partial charge in [-0.2, -0.15) is 8.42 Å². The summed E-state index contributed by atoms with van der Waals surface area (Å²) in [5.41, 5.74) is -0.587. The number of ether oxygens (including phenoxy) is 1. The first-order chi connectivity index (χ1) is 8.49. The van der Waals surface area contributed by atoms with Gasteiger partial charge in [0.15, 0.2) is 0 Å². The predicted molar refractivity (Wildman–Crippen MR) is 68.0 cm³/mol. The van der Waals surface area contributed by atoms with Crippen molar-refractivity contribution in [2.45, 2.75) is 26.4 Å². The molecule has 0 rings (SSSR count). The second kappa shape index (κ2) is 7.29. The number of carbonyl (C=O) groups excluding carboxylic acids is 2. The van der Waals surface area contributed by atoms with Crippen molar-refractivity contribution in [3.63, 3.8) is 0 Å². The molecule has 0 fully saturated rings. The molecule has 0 radical (unpaired) electrons. The van der Waals surface area contributed by atoms with E-state index in [1.165, 1.54) is 0 Å². The number of hydrogen-bond acceptors (Lipinski definition) is 6. The van der Waals surface area contributed by atoms with Crippen LogP contribution < -0.4 is 10.6 Å². The minimum Gasteiger partial charge on any atom is -0.444 e. The van der Waals surface area contributed by atoms with E-state index in [1.54, 1.807) is 20.8 Å². The summed E-state index contributed by atoms with van der Waals surface area (Å²) in [6, 6.07) is 0. The maximum Gasteiger partial charge on any atom is 0.407 e. The third kappa shape index (κ3) is 12.9. The lowest BCUT2D eigenvalue weighted by Gasteiger charge is -2.19. The number of hydrogen-bond donors (Lipinski definition) is 2. The van der Waals surface area contributed by atoms with E-state index < -0.39 is 34.3 Å². The first kappa shape index (κ1) is 17.6. The highest BCUT2D eigenvalue weighted by atomic mass is 32.2. The molecular formula is C10H20N2O6S. The maximum absolute atomic E-state index is 11.2. The van der Waals surface area contributed by atoms with E-state index in [-0.39, 0.29) is 13.1 Å². The Labute approximate surface area is 113 Å². The minimum atomic E-state index is -3.63. The van der Waals surface area contributed by atoms with Gasteiger partial charge in [0.05, 0.1) is 6.26 Å². The fraction of sp³-hybridized carbons (Fsp3) is 0.800. The summed E-state index contributed by atoms with van der Waals surface area (Å²) in [4.78, 5) is 22.3. The molecule has 2 N–H and O–H groups in total. The molecule has 0 saturated carbocycles. The third-order valence-corrected chi connectivity index (χ3v) is 2.07. The molecule has 9 heteroatoms. The van der Waals surface area contributed by atoms with Crippen LogP contribution in [0.5, 0.6) is 0 Å². The lowest BCUT2D eigenvalue weighted by atomic mass is 10.2. The molecular weight excluding hydrogens is 276 g/mol. The van der Waals surface area contributed by atoms with Crippen LogP contribution in [0.3, 0.4) is 0 Å². The molecule has 0 aliphatic heterocycles. The zero-order valence-corrected chi connectivity index (χ0v) is 12.3. The highest BCUT2D eigenvalue weighted by Gasteiger charge is 2.15. The summed E-state index contributed by atoms with van der Waals surface area (Å²) >= 11 is 0. The highest BCUT2D eigenvalue weighted by Crippen LogP contribution is 2.05. The van der Waals surface area contributed by atoms with Crippen LogP contribution in [0.25, 0.3) is 0 Å². The quantitative estimate of drug-likeness (QED) is 0.510. The van der Waals surface area contributed by atoms with E-state index in [0.717, 1.165) is 6.26 Å². The van der Waals surface area contributed by atoms with Crippen molar-refractivity contribution in [2.75, 3.05) is 26.0 Å². The third-order valence-electron chi connectivity index (χ3n) is 1.52. The van der Waals surface area contributed by atoms with Gasteiger partial charge in [0.2, 0.25) is 5.91 Å². The SMILES string of the molecule is CC(C)(C)OC(=O)NCCNC(=O)COS(C)(=O)=O. The standard InChI is InChI=1S/C10H20N2O6S/c1-10(2,3)18-9(14)12-6-5-11-8(13)7-17-19(4,15)16/h5-7H2,1-4H3,(H,11,13)(H,12,14). The predicted octanol–water partition coefficient (Wildman–Crippen LogP) is -0.396. The van der Waals surface area contributed by atoms with E-state index >= 15 is 0 Å². The van der Waals surface area contributed by atoms with Gasteiger partial charge in [-0.1, -0.05) is 0 Å². The molecule has 0 heterocycles. The molecule has 0 atom stereocenters. The van der Waals surface area contributed by atoms with Crippen molar-refractivity contribution < 1.29 is 26.9 Å². The van der Waals surface area contributed by atoms with E-state index in [2.05, 4.69) is 14.8 Å². The lowest BCUT2D eigenvalue weighted by molar-refractivity contribution is -0.122. The number of rotatable bonds is 6. The van der Waals surface area contributed by atoms with E-state index in [9.17, 15) is 18.0 Å². The molecule has 0 saturated heterocycles. The zero-order valence-electron chi connectivity index (χ0n) is 11.5. The smallest absolute Gasteiger partial charge is 0.407 e. The maximum atomic E-state index is 11.2. The van der Waals surface area contributed by atoms with Gasteiger partial charge in [-0.3, -0.25) is 8.98 Å². The second-order valence-electron chi connectivity index (χ2n) is 4.74. The Morgan fingerprint density at radius 1 is 1.11 bits per heavy atom. The summed E-state index contributed by atoms with van der Waals surface area (Å²) in [5, 5.41) is 4.81.